The fourth-order valence-corrected chi connectivity index (χ4v) is 4.77. The third-order valence-corrected chi connectivity index (χ3v) is 7.05. The SMILES string of the molecule is COc1ccc(S(=O)(=O)NCCC(=O)N2CCN(Cc3ccc4c(c3)OCO4)CC2)cc1. The number of hydrogen-bond donors (Lipinski definition) is 1. The Morgan fingerprint density at radius 1 is 1.03 bits per heavy atom. The van der Waals surface area contributed by atoms with E-state index in [4.69, 9.17) is 14.2 Å². The van der Waals surface area contributed by atoms with E-state index >= 15 is 0 Å². The Bertz CT molecular complexity index is 1050. The number of rotatable bonds is 8. The van der Waals surface area contributed by atoms with Crippen molar-refractivity contribution in [3.05, 3.63) is 48.0 Å². The first-order valence-corrected chi connectivity index (χ1v) is 12.0. The molecule has 9 nitrogen and oxygen atoms in total. The summed E-state index contributed by atoms with van der Waals surface area (Å²) in [6.07, 6.45) is 0.123. The van der Waals surface area contributed by atoms with Crippen LogP contribution < -0.4 is 18.9 Å². The number of fused-ring (bicyclic) bond motifs is 1. The number of amides is 1. The molecule has 172 valence electrons. The van der Waals surface area contributed by atoms with E-state index in [-0.39, 0.29) is 30.6 Å². The van der Waals surface area contributed by atoms with E-state index < -0.39 is 10.0 Å². The van der Waals surface area contributed by atoms with Crippen LogP contribution in [0.1, 0.15) is 12.0 Å². The highest BCUT2D eigenvalue weighted by molar-refractivity contribution is 7.89. The van der Waals surface area contributed by atoms with Crippen LogP contribution in [-0.4, -0.2) is 70.8 Å². The summed E-state index contributed by atoms with van der Waals surface area (Å²) >= 11 is 0. The molecule has 0 saturated carbocycles. The zero-order valence-corrected chi connectivity index (χ0v) is 18.8. The van der Waals surface area contributed by atoms with Crippen LogP contribution in [0.15, 0.2) is 47.4 Å². The van der Waals surface area contributed by atoms with Gasteiger partial charge in [0.1, 0.15) is 5.75 Å². The smallest absolute Gasteiger partial charge is 0.240 e. The Morgan fingerprint density at radius 2 is 1.75 bits per heavy atom. The zero-order chi connectivity index (χ0) is 22.6. The molecule has 0 bridgehead atoms. The maximum atomic E-state index is 12.5. The fourth-order valence-electron chi connectivity index (χ4n) is 3.74. The van der Waals surface area contributed by atoms with Gasteiger partial charge in [-0.2, -0.15) is 0 Å². The number of carbonyl (C=O) groups is 1. The van der Waals surface area contributed by atoms with E-state index in [9.17, 15) is 13.2 Å². The summed E-state index contributed by atoms with van der Waals surface area (Å²) in [5.74, 6) is 2.07. The topological polar surface area (TPSA) is 97.4 Å². The van der Waals surface area contributed by atoms with Crippen molar-refractivity contribution in [3.63, 3.8) is 0 Å². The van der Waals surface area contributed by atoms with E-state index in [0.29, 0.717) is 18.8 Å². The molecule has 1 fully saturated rings. The molecule has 1 N–H and O–H groups in total. The average molecular weight is 462 g/mol. The van der Waals surface area contributed by atoms with Crippen molar-refractivity contribution in [2.45, 2.75) is 17.9 Å². The predicted molar refractivity (Wildman–Crippen MR) is 117 cm³/mol. The zero-order valence-electron chi connectivity index (χ0n) is 18.0. The largest absolute Gasteiger partial charge is 0.497 e. The number of sulfonamides is 1. The number of piperazine rings is 1. The highest BCUT2D eigenvalue weighted by Gasteiger charge is 2.22. The normalized spacial score (nSPS) is 16.2. The summed E-state index contributed by atoms with van der Waals surface area (Å²) in [4.78, 5) is 16.7. The Balaban J connectivity index is 1.20. The minimum absolute atomic E-state index is 0.0508. The van der Waals surface area contributed by atoms with Crippen molar-refractivity contribution in [1.82, 2.24) is 14.5 Å². The first kappa shape index (κ1) is 22.4. The van der Waals surface area contributed by atoms with Crippen molar-refractivity contribution in [1.29, 1.82) is 0 Å². The Labute approximate surface area is 187 Å². The molecule has 2 heterocycles. The molecule has 1 saturated heterocycles. The van der Waals surface area contributed by atoms with Crippen molar-refractivity contribution >= 4 is 15.9 Å². The molecule has 2 aromatic carbocycles. The number of hydrogen-bond acceptors (Lipinski definition) is 7. The molecule has 0 atom stereocenters. The summed E-state index contributed by atoms with van der Waals surface area (Å²) in [5, 5.41) is 0. The third-order valence-electron chi connectivity index (χ3n) is 5.57. The maximum absolute atomic E-state index is 12.5. The van der Waals surface area contributed by atoms with Gasteiger partial charge in [-0.3, -0.25) is 9.69 Å². The van der Waals surface area contributed by atoms with E-state index in [2.05, 4.69) is 9.62 Å². The molecule has 0 aliphatic carbocycles. The standard InChI is InChI=1S/C22H27N3O6S/c1-29-18-3-5-19(6-4-18)32(27,28)23-9-8-22(26)25-12-10-24(11-13-25)15-17-2-7-20-21(14-17)31-16-30-20/h2-7,14,23H,8-13,15-16H2,1H3. The minimum Gasteiger partial charge on any atom is -0.497 e. The van der Waals surface area contributed by atoms with Gasteiger partial charge >= 0.3 is 0 Å². The van der Waals surface area contributed by atoms with Crippen LogP contribution in [0.25, 0.3) is 0 Å². The number of benzene rings is 2. The Kier molecular flexibility index (Phi) is 6.83. The lowest BCUT2D eigenvalue weighted by Crippen LogP contribution is -2.48. The molecule has 2 aliphatic rings. The van der Waals surface area contributed by atoms with Crippen molar-refractivity contribution in [2.24, 2.45) is 0 Å². The fraction of sp³-hybridized carbons (Fsp3) is 0.409. The molecule has 2 aliphatic heterocycles. The van der Waals surface area contributed by atoms with Crippen molar-refractivity contribution in [2.75, 3.05) is 46.6 Å². The van der Waals surface area contributed by atoms with Gasteiger partial charge in [-0.05, 0) is 42.0 Å². The van der Waals surface area contributed by atoms with Crippen molar-refractivity contribution < 1.29 is 27.4 Å². The molecule has 2 aromatic rings. The molecular formula is C22H27N3O6S. The molecule has 0 unspecified atom stereocenters. The number of ether oxygens (including phenoxy) is 3. The van der Waals surface area contributed by atoms with Crippen LogP contribution in [0.2, 0.25) is 0 Å². The van der Waals surface area contributed by atoms with Gasteiger partial charge in [0, 0.05) is 45.7 Å². The lowest BCUT2D eigenvalue weighted by Gasteiger charge is -2.34. The first-order valence-electron chi connectivity index (χ1n) is 10.5. The number of nitrogens with zero attached hydrogens (tertiary/aromatic N) is 2. The predicted octanol–water partition coefficient (Wildman–Crippen LogP) is 1.44. The van der Waals surface area contributed by atoms with Crippen LogP contribution in [-0.2, 0) is 21.4 Å². The molecule has 4 rings (SSSR count). The number of carbonyl (C=O) groups excluding carboxylic acids is 1. The van der Waals surface area contributed by atoms with Gasteiger partial charge in [0.05, 0.1) is 12.0 Å². The van der Waals surface area contributed by atoms with Crippen LogP contribution in [0, 0.1) is 0 Å². The van der Waals surface area contributed by atoms with Gasteiger partial charge < -0.3 is 19.1 Å². The second-order valence-electron chi connectivity index (χ2n) is 7.67. The van der Waals surface area contributed by atoms with E-state index in [0.717, 1.165) is 36.7 Å². The number of nitrogens with one attached hydrogen (secondary N) is 1. The van der Waals surface area contributed by atoms with Crippen molar-refractivity contribution in [3.8, 4) is 17.2 Å². The van der Waals surface area contributed by atoms with E-state index in [1.165, 1.54) is 19.2 Å². The average Bonchev–Trinajstić information content (AvgIpc) is 3.27. The van der Waals surface area contributed by atoms with E-state index in [1.807, 2.05) is 18.2 Å². The summed E-state index contributed by atoms with van der Waals surface area (Å²) in [7, 11) is -2.14. The molecule has 10 heteroatoms. The summed E-state index contributed by atoms with van der Waals surface area (Å²) in [6.45, 7) is 3.86. The van der Waals surface area contributed by atoms with Gasteiger partial charge in [-0.15, -0.1) is 0 Å². The molecule has 0 spiro atoms. The maximum Gasteiger partial charge on any atom is 0.240 e. The van der Waals surface area contributed by atoms with Crippen LogP contribution in [0.3, 0.4) is 0 Å². The highest BCUT2D eigenvalue weighted by Crippen LogP contribution is 2.32. The summed E-state index contributed by atoms with van der Waals surface area (Å²) in [6, 6.07) is 12.1. The summed E-state index contributed by atoms with van der Waals surface area (Å²) < 4.78 is 43.1. The lowest BCUT2D eigenvalue weighted by molar-refractivity contribution is -0.132. The highest BCUT2D eigenvalue weighted by atomic mass is 32.2. The molecular weight excluding hydrogens is 434 g/mol. The molecule has 1 amide bonds. The quantitative estimate of drug-likeness (QED) is 0.635. The Morgan fingerprint density at radius 3 is 2.47 bits per heavy atom. The first-order chi connectivity index (χ1) is 15.4. The van der Waals surface area contributed by atoms with Gasteiger partial charge in [-0.1, -0.05) is 6.07 Å². The minimum atomic E-state index is -3.66. The lowest BCUT2D eigenvalue weighted by atomic mass is 10.1. The van der Waals surface area contributed by atoms with Gasteiger partial charge in [0.15, 0.2) is 11.5 Å². The Hall–Kier alpha value is -2.82. The van der Waals surface area contributed by atoms with Gasteiger partial charge in [0.25, 0.3) is 0 Å². The molecule has 0 aromatic heterocycles. The summed E-state index contributed by atoms with van der Waals surface area (Å²) in [5.41, 5.74) is 1.14. The third kappa shape index (κ3) is 5.32. The second kappa shape index (κ2) is 9.76. The molecule has 0 radical (unpaired) electrons. The number of methoxy groups -OCH3 is 1. The van der Waals surface area contributed by atoms with Crippen LogP contribution in [0.5, 0.6) is 17.2 Å². The monoisotopic (exact) mass is 461 g/mol. The second-order valence-corrected chi connectivity index (χ2v) is 9.43. The van der Waals surface area contributed by atoms with E-state index in [1.54, 1.807) is 17.0 Å². The van der Waals surface area contributed by atoms with Crippen LogP contribution >= 0.6 is 0 Å². The molecule has 32 heavy (non-hydrogen) atoms. The van der Waals surface area contributed by atoms with Gasteiger partial charge in [-0.25, -0.2) is 13.1 Å². The van der Waals surface area contributed by atoms with Crippen LogP contribution in [0.4, 0.5) is 0 Å². The van der Waals surface area contributed by atoms with Gasteiger partial charge in [0.2, 0.25) is 22.7 Å².